The molecule has 5 heteroatoms. The number of hydrogen-bond acceptors (Lipinski definition) is 3. The van der Waals surface area contributed by atoms with Crippen molar-refractivity contribution < 1.29 is 0 Å². The summed E-state index contributed by atoms with van der Waals surface area (Å²) in [6, 6.07) is 0. The van der Waals surface area contributed by atoms with Crippen LogP contribution in [0.15, 0.2) is 12.7 Å². The van der Waals surface area contributed by atoms with E-state index in [4.69, 9.17) is 0 Å². The Hall–Kier alpha value is -0.931. The molecule has 2 aromatic rings. The van der Waals surface area contributed by atoms with Crippen LogP contribution in [0.1, 0.15) is 0 Å². The van der Waals surface area contributed by atoms with Gasteiger partial charge in [0.1, 0.15) is 0 Å². The van der Waals surface area contributed by atoms with Crippen molar-refractivity contribution in [2.75, 3.05) is 0 Å². The summed E-state index contributed by atoms with van der Waals surface area (Å²) in [5, 5.41) is 0. The van der Waals surface area contributed by atoms with Gasteiger partial charge in [0, 0.05) is 0 Å². The minimum absolute atomic E-state index is 0.397. The minimum atomic E-state index is 0.397. The monoisotopic (exact) mass is 214 g/mol. The van der Waals surface area contributed by atoms with Crippen LogP contribution in [0.4, 0.5) is 0 Å². The molecular weight excluding hydrogens is 207 g/mol. The molecule has 2 rings (SSSR count). The Morgan fingerprint density at radius 2 is 2.27 bits per heavy atom. The molecule has 2 heterocycles. The molecule has 11 heavy (non-hydrogen) atoms. The second-order valence-corrected chi connectivity index (χ2v) is 3.65. The molecule has 0 spiro atoms. The summed E-state index contributed by atoms with van der Waals surface area (Å²) in [5.74, 6) is 2.12. The summed E-state index contributed by atoms with van der Waals surface area (Å²) in [4.78, 5) is 15.2. The zero-order chi connectivity index (χ0) is 7.68. The van der Waals surface area contributed by atoms with Gasteiger partial charge >= 0.3 is 69.1 Å². The molecule has 0 saturated carbocycles. The summed E-state index contributed by atoms with van der Waals surface area (Å²) >= 11 is 0.397. The standard InChI is InChI=1S/C6H6N4Se/c1-11-6-4-5(8-2-7-4)9-3-10-6/h2-3H,1H3,(H,7,8,9,10). The van der Waals surface area contributed by atoms with Crippen LogP contribution in [-0.2, 0) is 0 Å². The number of aromatic nitrogens is 4. The van der Waals surface area contributed by atoms with E-state index >= 15 is 0 Å². The average Bonchev–Trinajstić information content (AvgIpc) is 2.50. The first-order valence-electron chi connectivity index (χ1n) is 3.10. The predicted molar refractivity (Wildman–Crippen MR) is 42.9 cm³/mol. The van der Waals surface area contributed by atoms with Crippen molar-refractivity contribution in [1.82, 2.24) is 19.9 Å². The van der Waals surface area contributed by atoms with Gasteiger partial charge in [-0.15, -0.1) is 0 Å². The Bertz CT molecular complexity index is 369. The van der Waals surface area contributed by atoms with Gasteiger partial charge in [0.25, 0.3) is 0 Å². The normalized spacial score (nSPS) is 10.6. The summed E-state index contributed by atoms with van der Waals surface area (Å²) in [7, 11) is 0. The Morgan fingerprint density at radius 3 is 3.09 bits per heavy atom. The van der Waals surface area contributed by atoms with E-state index in [9.17, 15) is 0 Å². The van der Waals surface area contributed by atoms with Crippen LogP contribution in [-0.4, -0.2) is 34.9 Å². The van der Waals surface area contributed by atoms with Crippen LogP contribution in [0.5, 0.6) is 0 Å². The van der Waals surface area contributed by atoms with Crippen molar-refractivity contribution in [3.8, 4) is 0 Å². The van der Waals surface area contributed by atoms with E-state index in [0.717, 1.165) is 15.8 Å². The first-order valence-corrected chi connectivity index (χ1v) is 5.67. The van der Waals surface area contributed by atoms with Gasteiger partial charge in [0.05, 0.1) is 0 Å². The van der Waals surface area contributed by atoms with Gasteiger partial charge < -0.3 is 0 Å². The third-order valence-electron chi connectivity index (χ3n) is 1.38. The number of aromatic amines is 1. The van der Waals surface area contributed by atoms with Crippen LogP contribution in [0.2, 0.25) is 5.82 Å². The van der Waals surface area contributed by atoms with E-state index in [2.05, 4.69) is 25.8 Å². The molecule has 0 bridgehead atoms. The summed E-state index contributed by atoms with van der Waals surface area (Å²) in [5.41, 5.74) is 1.74. The second kappa shape index (κ2) is 2.60. The topological polar surface area (TPSA) is 54.5 Å². The maximum atomic E-state index is 4.14. The number of imidazole rings is 1. The van der Waals surface area contributed by atoms with Crippen molar-refractivity contribution in [1.29, 1.82) is 0 Å². The van der Waals surface area contributed by atoms with Crippen LogP contribution in [0, 0.1) is 0 Å². The fourth-order valence-corrected chi connectivity index (χ4v) is 1.96. The van der Waals surface area contributed by atoms with Gasteiger partial charge in [-0.2, -0.15) is 0 Å². The predicted octanol–water partition coefficient (Wildman–Crippen LogP) is -0.270. The zero-order valence-corrected chi connectivity index (χ0v) is 7.62. The first-order chi connectivity index (χ1) is 5.42. The molecule has 4 nitrogen and oxygen atoms in total. The molecule has 1 N–H and O–H groups in total. The number of hydrogen-bond donors (Lipinski definition) is 1. The molecule has 2 aromatic heterocycles. The number of H-pyrrole nitrogens is 1. The summed E-state index contributed by atoms with van der Waals surface area (Å²) < 4.78 is 1.08. The Kier molecular flexibility index (Phi) is 1.60. The fraction of sp³-hybridized carbons (Fsp3) is 0.167. The van der Waals surface area contributed by atoms with E-state index in [1.54, 1.807) is 12.7 Å². The molecule has 0 aromatic carbocycles. The maximum absolute atomic E-state index is 4.14. The van der Waals surface area contributed by atoms with E-state index < -0.39 is 0 Å². The van der Waals surface area contributed by atoms with Crippen molar-refractivity contribution in [2.45, 2.75) is 5.82 Å². The molecule has 0 aliphatic carbocycles. The van der Waals surface area contributed by atoms with Gasteiger partial charge in [0.15, 0.2) is 0 Å². The average molecular weight is 213 g/mol. The molecule has 0 radical (unpaired) electrons. The molecule has 0 aliphatic heterocycles. The van der Waals surface area contributed by atoms with Crippen LogP contribution < -0.4 is 4.59 Å². The third kappa shape index (κ3) is 1.02. The molecule has 0 saturated heterocycles. The Labute approximate surface area is 69.6 Å². The molecule has 0 unspecified atom stereocenters. The van der Waals surface area contributed by atoms with E-state index in [-0.39, 0.29) is 0 Å². The first kappa shape index (κ1) is 6.76. The Morgan fingerprint density at radius 1 is 1.36 bits per heavy atom. The van der Waals surface area contributed by atoms with Crippen LogP contribution in [0.25, 0.3) is 11.2 Å². The van der Waals surface area contributed by atoms with Crippen molar-refractivity contribution in [3.05, 3.63) is 12.7 Å². The number of fused-ring (bicyclic) bond motifs is 1. The number of rotatable bonds is 1. The third-order valence-corrected chi connectivity index (χ3v) is 2.84. The molecule has 0 aliphatic rings. The van der Waals surface area contributed by atoms with Crippen molar-refractivity contribution >= 4 is 30.7 Å². The van der Waals surface area contributed by atoms with E-state index in [0.29, 0.717) is 15.0 Å². The van der Waals surface area contributed by atoms with Gasteiger partial charge in [-0.05, 0) is 0 Å². The van der Waals surface area contributed by atoms with E-state index in [1.165, 1.54) is 0 Å². The second-order valence-electron chi connectivity index (χ2n) is 1.98. The fourth-order valence-electron chi connectivity index (χ4n) is 0.898. The molecular formula is C6H6N4Se. The SMILES string of the molecule is C[Se]c1ncnc2nc[nH]c12. The summed E-state index contributed by atoms with van der Waals surface area (Å²) in [6.45, 7) is 0. The van der Waals surface area contributed by atoms with Gasteiger partial charge in [-0.3, -0.25) is 0 Å². The van der Waals surface area contributed by atoms with Crippen molar-refractivity contribution in [3.63, 3.8) is 0 Å². The Balaban J connectivity index is 2.79. The molecule has 0 atom stereocenters. The van der Waals surface area contributed by atoms with Crippen molar-refractivity contribution in [2.24, 2.45) is 0 Å². The van der Waals surface area contributed by atoms with Gasteiger partial charge in [-0.1, -0.05) is 0 Å². The summed E-state index contributed by atoms with van der Waals surface area (Å²) in [6.07, 6.45) is 3.21. The molecule has 0 fully saturated rings. The zero-order valence-electron chi connectivity index (χ0n) is 5.90. The molecule has 56 valence electrons. The van der Waals surface area contributed by atoms with E-state index in [1.807, 2.05) is 0 Å². The van der Waals surface area contributed by atoms with Gasteiger partial charge in [0.2, 0.25) is 0 Å². The number of nitrogens with one attached hydrogen (secondary N) is 1. The quantitative estimate of drug-likeness (QED) is 0.663. The van der Waals surface area contributed by atoms with Gasteiger partial charge in [-0.25, -0.2) is 0 Å². The van der Waals surface area contributed by atoms with Crippen LogP contribution in [0.3, 0.4) is 0 Å². The number of nitrogens with zero attached hydrogens (tertiary/aromatic N) is 3. The molecule has 0 amide bonds. The van der Waals surface area contributed by atoms with Crippen LogP contribution >= 0.6 is 0 Å².